The minimum atomic E-state index is -0.378. The van der Waals surface area contributed by atoms with Crippen LogP contribution in [0.1, 0.15) is 11.4 Å². The maximum absolute atomic E-state index is 11.2. The van der Waals surface area contributed by atoms with Gasteiger partial charge in [-0.25, -0.2) is 4.98 Å². The first-order valence-corrected chi connectivity index (χ1v) is 8.82. The SMILES string of the molecule is CN=C(NCc1ccccc1[N+](=O)[O-])N(C)Cc1ncc(-c2ccccc2)[nH]1. The second kappa shape index (κ2) is 8.81. The number of guanidine groups is 1. The molecule has 0 aliphatic carbocycles. The molecule has 8 heteroatoms. The van der Waals surface area contributed by atoms with Gasteiger partial charge in [0.1, 0.15) is 5.82 Å². The van der Waals surface area contributed by atoms with Gasteiger partial charge in [0.15, 0.2) is 5.96 Å². The van der Waals surface area contributed by atoms with Crippen molar-refractivity contribution in [3.05, 3.63) is 82.3 Å². The number of benzene rings is 2. The summed E-state index contributed by atoms with van der Waals surface area (Å²) in [5, 5.41) is 14.3. The van der Waals surface area contributed by atoms with Crippen LogP contribution >= 0.6 is 0 Å². The van der Waals surface area contributed by atoms with E-state index in [9.17, 15) is 10.1 Å². The van der Waals surface area contributed by atoms with Gasteiger partial charge in [-0.2, -0.15) is 0 Å². The molecule has 3 aromatic rings. The molecule has 0 bridgehead atoms. The lowest BCUT2D eigenvalue weighted by Gasteiger charge is -2.21. The maximum atomic E-state index is 11.2. The van der Waals surface area contributed by atoms with Gasteiger partial charge in [-0.3, -0.25) is 15.1 Å². The number of imidazole rings is 1. The van der Waals surface area contributed by atoms with E-state index in [1.54, 1.807) is 25.2 Å². The van der Waals surface area contributed by atoms with Crippen LogP contribution in [0, 0.1) is 10.1 Å². The van der Waals surface area contributed by atoms with Crippen LogP contribution < -0.4 is 5.32 Å². The Morgan fingerprint density at radius 3 is 2.64 bits per heavy atom. The van der Waals surface area contributed by atoms with E-state index < -0.39 is 0 Å². The van der Waals surface area contributed by atoms with Crippen LogP contribution in [0.25, 0.3) is 11.3 Å². The van der Waals surface area contributed by atoms with Crippen molar-refractivity contribution in [1.82, 2.24) is 20.2 Å². The number of hydrogen-bond donors (Lipinski definition) is 2. The maximum Gasteiger partial charge on any atom is 0.274 e. The van der Waals surface area contributed by atoms with Gasteiger partial charge in [0.05, 0.1) is 23.4 Å². The molecule has 0 saturated carbocycles. The summed E-state index contributed by atoms with van der Waals surface area (Å²) in [4.78, 5) is 24.7. The molecule has 1 heterocycles. The molecule has 0 aliphatic heterocycles. The van der Waals surface area contributed by atoms with Gasteiger partial charge in [0, 0.05) is 32.3 Å². The van der Waals surface area contributed by atoms with Crippen LogP contribution in [0.4, 0.5) is 5.69 Å². The molecule has 0 fully saturated rings. The molecular formula is C20H22N6O2. The molecule has 0 radical (unpaired) electrons. The molecular weight excluding hydrogens is 356 g/mol. The summed E-state index contributed by atoms with van der Waals surface area (Å²) in [7, 11) is 3.56. The van der Waals surface area contributed by atoms with Gasteiger partial charge in [0.2, 0.25) is 0 Å². The molecule has 1 aromatic heterocycles. The molecule has 2 N–H and O–H groups in total. The standard InChI is InChI=1S/C20H22N6O2/c1-21-20(23-12-16-10-6-7-11-18(16)26(27)28)25(2)14-19-22-13-17(24-19)15-8-4-3-5-9-15/h3-11,13H,12,14H2,1-2H3,(H,21,23)(H,22,24). The normalized spacial score (nSPS) is 11.3. The van der Waals surface area contributed by atoms with E-state index in [0.29, 0.717) is 24.6 Å². The summed E-state index contributed by atoms with van der Waals surface area (Å²) in [6.07, 6.45) is 1.81. The number of nitro groups is 1. The quantitative estimate of drug-likeness (QED) is 0.297. The van der Waals surface area contributed by atoms with E-state index in [1.807, 2.05) is 48.5 Å². The fourth-order valence-corrected chi connectivity index (χ4v) is 2.90. The minimum absolute atomic E-state index is 0.0895. The number of H-pyrrole nitrogens is 1. The Hall–Kier alpha value is -3.68. The largest absolute Gasteiger partial charge is 0.352 e. The highest BCUT2D eigenvalue weighted by molar-refractivity contribution is 5.79. The van der Waals surface area contributed by atoms with Crippen molar-refractivity contribution in [2.24, 2.45) is 4.99 Å². The van der Waals surface area contributed by atoms with Crippen LogP contribution in [0.2, 0.25) is 0 Å². The lowest BCUT2D eigenvalue weighted by molar-refractivity contribution is -0.385. The number of nitrogens with one attached hydrogen (secondary N) is 2. The predicted octanol–water partition coefficient (Wildman–Crippen LogP) is 3.19. The van der Waals surface area contributed by atoms with E-state index in [1.165, 1.54) is 6.07 Å². The van der Waals surface area contributed by atoms with E-state index in [4.69, 9.17) is 0 Å². The second-order valence-electron chi connectivity index (χ2n) is 6.25. The van der Waals surface area contributed by atoms with Crippen molar-refractivity contribution < 1.29 is 4.92 Å². The van der Waals surface area contributed by atoms with E-state index in [2.05, 4.69) is 20.3 Å². The van der Waals surface area contributed by atoms with Gasteiger partial charge in [-0.15, -0.1) is 0 Å². The highest BCUT2D eigenvalue weighted by Gasteiger charge is 2.14. The van der Waals surface area contributed by atoms with Gasteiger partial charge in [0.25, 0.3) is 5.69 Å². The van der Waals surface area contributed by atoms with E-state index >= 15 is 0 Å². The molecule has 3 rings (SSSR count). The monoisotopic (exact) mass is 378 g/mol. The summed E-state index contributed by atoms with van der Waals surface area (Å²) >= 11 is 0. The number of nitrogens with zero attached hydrogens (tertiary/aromatic N) is 4. The van der Waals surface area contributed by atoms with Gasteiger partial charge in [-0.05, 0) is 5.56 Å². The Kier molecular flexibility index (Phi) is 6.01. The third-order valence-electron chi connectivity index (χ3n) is 4.30. The van der Waals surface area contributed by atoms with Crippen molar-refractivity contribution in [3.63, 3.8) is 0 Å². The highest BCUT2D eigenvalue weighted by Crippen LogP contribution is 2.18. The first-order chi connectivity index (χ1) is 13.6. The molecule has 0 aliphatic rings. The molecule has 8 nitrogen and oxygen atoms in total. The van der Waals surface area contributed by atoms with Crippen LogP contribution in [-0.2, 0) is 13.1 Å². The molecule has 0 saturated heterocycles. The third kappa shape index (κ3) is 4.53. The van der Waals surface area contributed by atoms with Crippen LogP contribution in [-0.4, -0.2) is 39.8 Å². The average Bonchev–Trinajstić information content (AvgIpc) is 3.18. The van der Waals surface area contributed by atoms with Crippen molar-refractivity contribution >= 4 is 11.6 Å². The summed E-state index contributed by atoms with van der Waals surface area (Å²) in [5.74, 6) is 1.42. The molecule has 0 amide bonds. The Morgan fingerprint density at radius 1 is 1.21 bits per heavy atom. The van der Waals surface area contributed by atoms with Crippen molar-refractivity contribution in [3.8, 4) is 11.3 Å². The number of nitro benzene ring substituents is 1. The zero-order chi connectivity index (χ0) is 19.9. The molecule has 0 atom stereocenters. The number of para-hydroxylation sites is 1. The van der Waals surface area contributed by atoms with E-state index in [-0.39, 0.29) is 10.6 Å². The fourth-order valence-electron chi connectivity index (χ4n) is 2.90. The third-order valence-corrected chi connectivity index (χ3v) is 4.30. The molecule has 28 heavy (non-hydrogen) atoms. The lowest BCUT2D eigenvalue weighted by atomic mass is 10.2. The summed E-state index contributed by atoms with van der Waals surface area (Å²) in [6.45, 7) is 0.824. The zero-order valence-electron chi connectivity index (χ0n) is 15.8. The summed E-state index contributed by atoms with van der Waals surface area (Å²) in [6, 6.07) is 16.7. The lowest BCUT2D eigenvalue weighted by Crippen LogP contribution is -2.38. The molecule has 144 valence electrons. The number of rotatable bonds is 6. The fraction of sp³-hybridized carbons (Fsp3) is 0.200. The number of aliphatic imine (C=N–C) groups is 1. The van der Waals surface area contributed by atoms with Gasteiger partial charge < -0.3 is 15.2 Å². The summed E-state index contributed by atoms with van der Waals surface area (Å²) in [5.41, 5.74) is 2.72. The second-order valence-corrected chi connectivity index (χ2v) is 6.25. The summed E-state index contributed by atoms with van der Waals surface area (Å²) < 4.78 is 0. The van der Waals surface area contributed by atoms with Crippen molar-refractivity contribution in [2.75, 3.05) is 14.1 Å². The first-order valence-electron chi connectivity index (χ1n) is 8.82. The smallest absolute Gasteiger partial charge is 0.274 e. The number of aromatic amines is 1. The molecule has 0 unspecified atom stereocenters. The predicted molar refractivity (Wildman–Crippen MR) is 109 cm³/mol. The highest BCUT2D eigenvalue weighted by atomic mass is 16.6. The number of hydrogen-bond acceptors (Lipinski definition) is 4. The molecule has 0 spiro atoms. The van der Waals surface area contributed by atoms with Crippen molar-refractivity contribution in [2.45, 2.75) is 13.1 Å². The average molecular weight is 378 g/mol. The Labute approximate surface area is 163 Å². The van der Waals surface area contributed by atoms with Crippen LogP contribution in [0.3, 0.4) is 0 Å². The van der Waals surface area contributed by atoms with Gasteiger partial charge in [-0.1, -0.05) is 48.5 Å². The van der Waals surface area contributed by atoms with Crippen LogP contribution in [0.15, 0.2) is 65.8 Å². The zero-order valence-corrected chi connectivity index (χ0v) is 15.8. The minimum Gasteiger partial charge on any atom is -0.352 e. The Balaban J connectivity index is 1.64. The first kappa shape index (κ1) is 19.1. The number of aromatic nitrogens is 2. The topological polar surface area (TPSA) is 99.4 Å². The Morgan fingerprint density at radius 2 is 1.93 bits per heavy atom. The molecule has 2 aromatic carbocycles. The van der Waals surface area contributed by atoms with Crippen LogP contribution in [0.5, 0.6) is 0 Å². The Bertz CT molecular complexity index is 968. The van der Waals surface area contributed by atoms with E-state index in [0.717, 1.165) is 17.1 Å². The van der Waals surface area contributed by atoms with Crippen molar-refractivity contribution in [1.29, 1.82) is 0 Å². The van der Waals surface area contributed by atoms with Gasteiger partial charge >= 0.3 is 0 Å².